The lowest BCUT2D eigenvalue weighted by Gasteiger charge is -2.08. The second-order valence-electron chi connectivity index (χ2n) is 4.14. The minimum Gasteiger partial charge on any atom is -0.318 e. The third kappa shape index (κ3) is 3.19. The third-order valence-electron chi connectivity index (χ3n) is 2.78. The van der Waals surface area contributed by atoms with Crippen LogP contribution in [-0.4, -0.2) is 20.7 Å². The number of aromatic nitrogens is 3. The number of anilines is 1. The first-order valence-electron chi connectivity index (χ1n) is 6.24. The van der Waals surface area contributed by atoms with Crippen molar-refractivity contribution in [2.75, 3.05) is 5.32 Å². The van der Waals surface area contributed by atoms with Crippen molar-refractivity contribution in [1.82, 2.24) is 14.8 Å². The van der Waals surface area contributed by atoms with Crippen LogP contribution in [0.3, 0.4) is 0 Å². The van der Waals surface area contributed by atoms with Crippen LogP contribution in [0.2, 0.25) is 5.15 Å². The molecule has 1 amide bonds. The van der Waals surface area contributed by atoms with E-state index in [1.165, 1.54) is 0 Å². The molecule has 0 aliphatic heterocycles. The maximum atomic E-state index is 12.3. The van der Waals surface area contributed by atoms with Crippen LogP contribution in [0, 0.1) is 0 Å². The summed E-state index contributed by atoms with van der Waals surface area (Å²) >= 11 is 9.26. The smallest absolute Gasteiger partial charge is 0.274 e. The Hall–Kier alpha value is -1.40. The Morgan fingerprint density at radius 2 is 2.20 bits per heavy atom. The molecule has 2 heterocycles. The average Bonchev–Trinajstić information content (AvgIpc) is 2.86. The molecule has 7 heteroatoms. The Morgan fingerprint density at radius 1 is 1.45 bits per heavy atom. The van der Waals surface area contributed by atoms with Crippen LogP contribution in [0.25, 0.3) is 0 Å². The van der Waals surface area contributed by atoms with E-state index in [0.29, 0.717) is 17.9 Å². The highest BCUT2D eigenvalue weighted by atomic mass is 79.9. The molecule has 2 aromatic rings. The number of carbonyl (C=O) groups is 1. The first kappa shape index (κ1) is 15.0. The second kappa shape index (κ2) is 6.37. The molecule has 0 spiro atoms. The molecule has 0 saturated heterocycles. The van der Waals surface area contributed by atoms with Gasteiger partial charge in [-0.3, -0.25) is 9.48 Å². The van der Waals surface area contributed by atoms with Crippen molar-refractivity contribution in [3.63, 3.8) is 0 Å². The van der Waals surface area contributed by atoms with Gasteiger partial charge in [0, 0.05) is 17.2 Å². The number of amides is 1. The van der Waals surface area contributed by atoms with Gasteiger partial charge in [-0.15, -0.1) is 0 Å². The highest BCUT2D eigenvalue weighted by molar-refractivity contribution is 9.10. The topological polar surface area (TPSA) is 59.8 Å². The van der Waals surface area contributed by atoms with Crippen molar-refractivity contribution < 1.29 is 4.79 Å². The van der Waals surface area contributed by atoms with Gasteiger partial charge in [-0.25, -0.2) is 4.98 Å². The average molecular weight is 358 g/mol. The summed E-state index contributed by atoms with van der Waals surface area (Å²) in [4.78, 5) is 16.3. The molecule has 0 radical (unpaired) electrons. The predicted octanol–water partition coefficient (Wildman–Crippen LogP) is 3.53. The predicted molar refractivity (Wildman–Crippen MR) is 82.2 cm³/mol. The number of hydrogen-bond acceptors (Lipinski definition) is 3. The summed E-state index contributed by atoms with van der Waals surface area (Å²) in [6.45, 7) is 4.57. The van der Waals surface area contributed by atoms with Gasteiger partial charge in [-0.05, 0) is 41.4 Å². The first-order valence-corrected chi connectivity index (χ1v) is 7.41. The number of aryl methyl sites for hydroxylation is 2. The maximum absolute atomic E-state index is 12.3. The van der Waals surface area contributed by atoms with Crippen LogP contribution in [0.15, 0.2) is 22.8 Å². The van der Waals surface area contributed by atoms with E-state index in [0.717, 1.165) is 16.6 Å². The monoisotopic (exact) mass is 356 g/mol. The van der Waals surface area contributed by atoms with Gasteiger partial charge in [-0.1, -0.05) is 18.5 Å². The van der Waals surface area contributed by atoms with E-state index >= 15 is 0 Å². The fourth-order valence-corrected chi connectivity index (χ4v) is 2.25. The zero-order valence-electron chi connectivity index (χ0n) is 11.2. The quantitative estimate of drug-likeness (QED) is 0.852. The van der Waals surface area contributed by atoms with Crippen LogP contribution in [-0.2, 0) is 13.0 Å². The van der Waals surface area contributed by atoms with Gasteiger partial charge in [0.05, 0.1) is 11.4 Å². The summed E-state index contributed by atoms with van der Waals surface area (Å²) in [6.07, 6.45) is 2.36. The highest BCUT2D eigenvalue weighted by Gasteiger charge is 2.15. The Balaban J connectivity index is 2.28. The van der Waals surface area contributed by atoms with Gasteiger partial charge in [0.1, 0.15) is 5.69 Å². The maximum Gasteiger partial charge on any atom is 0.274 e. The van der Waals surface area contributed by atoms with Crippen LogP contribution in [0.5, 0.6) is 0 Å². The number of nitrogens with zero attached hydrogens (tertiary/aromatic N) is 3. The molecule has 0 aliphatic rings. The fourth-order valence-electron chi connectivity index (χ4n) is 1.76. The molecular formula is C13H14BrClN4O. The van der Waals surface area contributed by atoms with Gasteiger partial charge in [-0.2, -0.15) is 5.10 Å². The Kier molecular flexibility index (Phi) is 4.77. The molecule has 5 nitrogen and oxygen atoms in total. The summed E-state index contributed by atoms with van der Waals surface area (Å²) in [6, 6.07) is 3.50. The number of rotatable bonds is 4. The lowest BCUT2D eigenvalue weighted by atomic mass is 10.3. The van der Waals surface area contributed by atoms with Crippen molar-refractivity contribution in [3.8, 4) is 0 Å². The SMILES string of the molecule is CCc1cc(C(=O)Nc2cc(Br)cnc2Cl)n(CC)n1. The van der Waals surface area contributed by atoms with Crippen molar-refractivity contribution >= 4 is 39.1 Å². The van der Waals surface area contributed by atoms with E-state index < -0.39 is 0 Å². The summed E-state index contributed by atoms with van der Waals surface area (Å²) in [5.74, 6) is -0.249. The normalized spacial score (nSPS) is 10.6. The lowest BCUT2D eigenvalue weighted by molar-refractivity contribution is 0.101. The number of pyridine rings is 1. The summed E-state index contributed by atoms with van der Waals surface area (Å²) in [7, 11) is 0. The molecule has 0 atom stereocenters. The van der Waals surface area contributed by atoms with Crippen molar-refractivity contribution in [2.24, 2.45) is 0 Å². The zero-order chi connectivity index (χ0) is 14.7. The summed E-state index contributed by atoms with van der Waals surface area (Å²) in [5.41, 5.74) is 1.86. The third-order valence-corrected chi connectivity index (χ3v) is 3.51. The highest BCUT2D eigenvalue weighted by Crippen LogP contribution is 2.23. The summed E-state index contributed by atoms with van der Waals surface area (Å²) < 4.78 is 2.42. The van der Waals surface area contributed by atoms with E-state index in [1.54, 1.807) is 23.0 Å². The molecule has 0 bridgehead atoms. The molecule has 20 heavy (non-hydrogen) atoms. The second-order valence-corrected chi connectivity index (χ2v) is 5.41. The van der Waals surface area contributed by atoms with E-state index in [-0.39, 0.29) is 11.1 Å². The fraction of sp³-hybridized carbons (Fsp3) is 0.308. The Labute approximate surface area is 130 Å². The first-order chi connectivity index (χ1) is 9.55. The number of nitrogens with one attached hydrogen (secondary N) is 1. The van der Waals surface area contributed by atoms with Gasteiger partial charge >= 0.3 is 0 Å². The van der Waals surface area contributed by atoms with E-state index in [4.69, 9.17) is 11.6 Å². The van der Waals surface area contributed by atoms with Crippen LogP contribution < -0.4 is 5.32 Å². The largest absolute Gasteiger partial charge is 0.318 e. The Morgan fingerprint density at radius 3 is 2.85 bits per heavy atom. The van der Waals surface area contributed by atoms with Crippen LogP contribution in [0.4, 0.5) is 5.69 Å². The molecule has 0 aromatic carbocycles. The summed E-state index contributed by atoms with van der Waals surface area (Å²) in [5, 5.41) is 7.35. The molecular weight excluding hydrogens is 344 g/mol. The standard InChI is InChI=1S/C13H14BrClN4O/c1-3-9-6-11(19(4-2)18-9)13(20)17-10-5-8(14)7-16-12(10)15/h5-7H,3-4H2,1-2H3,(H,17,20). The van der Waals surface area contributed by atoms with E-state index in [2.05, 4.69) is 31.3 Å². The van der Waals surface area contributed by atoms with Gasteiger partial charge < -0.3 is 5.32 Å². The van der Waals surface area contributed by atoms with Crippen molar-refractivity contribution in [1.29, 1.82) is 0 Å². The molecule has 106 valence electrons. The van der Waals surface area contributed by atoms with Gasteiger partial charge in [0.25, 0.3) is 5.91 Å². The lowest BCUT2D eigenvalue weighted by Crippen LogP contribution is -2.17. The number of carbonyl (C=O) groups excluding carboxylic acids is 1. The minimum absolute atomic E-state index is 0.249. The molecule has 0 unspecified atom stereocenters. The molecule has 2 rings (SSSR count). The van der Waals surface area contributed by atoms with E-state index in [9.17, 15) is 4.79 Å². The van der Waals surface area contributed by atoms with Gasteiger partial charge in [0.2, 0.25) is 0 Å². The molecule has 0 saturated carbocycles. The molecule has 2 aromatic heterocycles. The number of halogens is 2. The number of hydrogen-bond donors (Lipinski definition) is 1. The Bertz CT molecular complexity index is 641. The molecule has 0 aliphatic carbocycles. The molecule has 0 fully saturated rings. The van der Waals surface area contributed by atoms with Crippen LogP contribution >= 0.6 is 27.5 Å². The molecule has 1 N–H and O–H groups in total. The van der Waals surface area contributed by atoms with Gasteiger partial charge in [0.15, 0.2) is 5.15 Å². The van der Waals surface area contributed by atoms with Crippen molar-refractivity contribution in [3.05, 3.63) is 39.3 Å². The van der Waals surface area contributed by atoms with Crippen LogP contribution in [0.1, 0.15) is 30.0 Å². The van der Waals surface area contributed by atoms with Crippen molar-refractivity contribution in [2.45, 2.75) is 26.8 Å². The zero-order valence-corrected chi connectivity index (χ0v) is 13.5. The minimum atomic E-state index is -0.249. The van der Waals surface area contributed by atoms with E-state index in [1.807, 2.05) is 13.8 Å².